The summed E-state index contributed by atoms with van der Waals surface area (Å²) in [6.45, 7) is 43.8. The zero-order chi connectivity index (χ0) is 60.8. The van der Waals surface area contributed by atoms with E-state index in [1.807, 2.05) is 18.6 Å². The maximum absolute atomic E-state index is 4.68. The summed E-state index contributed by atoms with van der Waals surface area (Å²) in [4.78, 5) is 23.0. The maximum atomic E-state index is 4.68. The predicted molar refractivity (Wildman–Crippen MR) is 357 cm³/mol. The van der Waals surface area contributed by atoms with E-state index in [9.17, 15) is 0 Å². The number of rotatable bonds is 0. The van der Waals surface area contributed by atoms with E-state index in [0.29, 0.717) is 0 Å². The number of aromatic nitrogens is 5. The fraction of sp³-hybridized carbons (Fsp3) is 0.312. The molecule has 0 spiro atoms. The highest BCUT2D eigenvalue weighted by Gasteiger charge is 2.29. The monoisotopic (exact) mass is 1120 g/mol. The van der Waals surface area contributed by atoms with Crippen LogP contribution in [0.1, 0.15) is 168 Å². The summed E-state index contributed by atoms with van der Waals surface area (Å²) < 4.78 is 0. The molecule has 0 bridgehead atoms. The van der Waals surface area contributed by atoms with Crippen molar-refractivity contribution in [1.29, 1.82) is 0 Å². The Hall–Kier alpha value is -8.15. The molecular formula is C80H85N5. The molecule has 0 aliphatic heterocycles. The van der Waals surface area contributed by atoms with Crippen molar-refractivity contribution >= 4 is 0 Å². The Morgan fingerprint density at radius 2 is 0.635 bits per heavy atom. The highest BCUT2D eigenvalue weighted by atomic mass is 14.7. The van der Waals surface area contributed by atoms with Gasteiger partial charge in [-0.3, -0.25) is 24.9 Å². The first kappa shape index (κ1) is 58.6. The molecule has 5 heteroatoms. The fourth-order valence-electron chi connectivity index (χ4n) is 14.3. The van der Waals surface area contributed by atoms with Crippen LogP contribution in [0.15, 0.2) is 91.4 Å². The molecule has 5 nitrogen and oxygen atoms in total. The summed E-state index contributed by atoms with van der Waals surface area (Å²) in [7, 11) is 0. The Kier molecular flexibility index (Phi) is 15.6. The molecule has 5 aromatic carbocycles. The lowest BCUT2D eigenvalue weighted by molar-refractivity contribution is 1.06. The molecule has 0 amide bonds. The maximum Gasteiger partial charge on any atom is 0.0529 e. The molecule has 5 heterocycles. The van der Waals surface area contributed by atoms with Crippen molar-refractivity contribution in [3.05, 3.63) is 259 Å². The van der Waals surface area contributed by atoms with Crippen LogP contribution >= 0.6 is 0 Å². The van der Waals surface area contributed by atoms with Crippen molar-refractivity contribution in [2.24, 2.45) is 0 Å². The first-order chi connectivity index (χ1) is 40.4. The SMILES string of the molecule is Cc1cc2c(c(C)c1C)-c1c(C)ccnc1C2.Cc1ccc2c(n1)Cc1c(C)cc(C)c(C)c1-2.Cc1ccc2c(n1)Cc1cc(C)c(C)c(C)c1-2.Cc1cnc2c(c1)-c1c(C)c(C)cc(C)c1C2.Cc1cnc2c(c1)-c1c(cc(C)c(C)c1C)C2. The van der Waals surface area contributed by atoms with Gasteiger partial charge >= 0.3 is 0 Å². The molecule has 430 valence electrons. The molecule has 0 fully saturated rings. The molecule has 0 saturated heterocycles. The van der Waals surface area contributed by atoms with Gasteiger partial charge in [0.15, 0.2) is 0 Å². The van der Waals surface area contributed by atoms with E-state index in [-0.39, 0.29) is 0 Å². The summed E-state index contributed by atoms with van der Waals surface area (Å²) in [6, 6.07) is 26.9. The molecule has 5 aromatic heterocycles. The van der Waals surface area contributed by atoms with Gasteiger partial charge in [0.2, 0.25) is 0 Å². The van der Waals surface area contributed by atoms with Crippen LogP contribution in [0.5, 0.6) is 0 Å². The second-order valence-corrected chi connectivity index (χ2v) is 25.7. The van der Waals surface area contributed by atoms with Gasteiger partial charge in [-0.1, -0.05) is 42.5 Å². The quantitative estimate of drug-likeness (QED) is 0.151. The van der Waals surface area contributed by atoms with Crippen LogP contribution in [0.4, 0.5) is 0 Å². The third kappa shape index (κ3) is 10.6. The van der Waals surface area contributed by atoms with Crippen LogP contribution in [0.2, 0.25) is 0 Å². The molecule has 85 heavy (non-hydrogen) atoms. The summed E-state index contributed by atoms with van der Waals surface area (Å²) >= 11 is 0. The lowest BCUT2D eigenvalue weighted by atomic mass is 9.92. The van der Waals surface area contributed by atoms with E-state index in [1.165, 1.54) is 212 Å². The number of hydrogen-bond donors (Lipinski definition) is 0. The zero-order valence-electron chi connectivity index (χ0n) is 54.4. The number of nitrogens with zero attached hydrogens (tertiary/aromatic N) is 5. The van der Waals surface area contributed by atoms with Gasteiger partial charge in [0, 0.05) is 89.9 Å². The largest absolute Gasteiger partial charge is 0.260 e. The minimum Gasteiger partial charge on any atom is -0.260 e. The third-order valence-corrected chi connectivity index (χ3v) is 19.8. The van der Waals surface area contributed by atoms with Gasteiger partial charge in [-0.25, -0.2) is 0 Å². The third-order valence-electron chi connectivity index (χ3n) is 19.8. The van der Waals surface area contributed by atoms with Crippen molar-refractivity contribution < 1.29 is 0 Å². The normalized spacial score (nSPS) is 12.5. The van der Waals surface area contributed by atoms with Crippen molar-refractivity contribution in [3.63, 3.8) is 0 Å². The Balaban J connectivity index is 0.000000111. The average molecular weight is 1120 g/mol. The highest BCUT2D eigenvalue weighted by molar-refractivity contribution is 5.85. The van der Waals surface area contributed by atoms with Crippen LogP contribution in [-0.2, 0) is 32.1 Å². The zero-order valence-corrected chi connectivity index (χ0v) is 54.4. The second-order valence-electron chi connectivity index (χ2n) is 25.7. The van der Waals surface area contributed by atoms with Gasteiger partial charge in [0.25, 0.3) is 0 Å². The smallest absolute Gasteiger partial charge is 0.0529 e. The number of fused-ring (bicyclic) bond motifs is 15. The molecule has 5 aliphatic carbocycles. The minimum atomic E-state index is 0.993. The van der Waals surface area contributed by atoms with Crippen LogP contribution in [0.3, 0.4) is 0 Å². The topological polar surface area (TPSA) is 64.5 Å². The van der Waals surface area contributed by atoms with E-state index in [1.54, 1.807) is 0 Å². The highest BCUT2D eigenvalue weighted by Crippen LogP contribution is 2.46. The molecule has 15 rings (SSSR count). The first-order valence-electron chi connectivity index (χ1n) is 30.7. The minimum absolute atomic E-state index is 0.993. The van der Waals surface area contributed by atoms with Gasteiger partial charge in [-0.15, -0.1) is 0 Å². The van der Waals surface area contributed by atoms with Gasteiger partial charge in [-0.05, 0) is 325 Å². The van der Waals surface area contributed by atoms with Crippen molar-refractivity contribution in [2.45, 2.75) is 171 Å². The Morgan fingerprint density at radius 3 is 1.15 bits per heavy atom. The molecule has 0 atom stereocenters. The predicted octanol–water partition coefficient (Wildman–Crippen LogP) is 19.4. The molecule has 5 aliphatic rings. The van der Waals surface area contributed by atoms with Crippen molar-refractivity contribution in [1.82, 2.24) is 24.9 Å². The van der Waals surface area contributed by atoms with Gasteiger partial charge in [0.1, 0.15) is 0 Å². The van der Waals surface area contributed by atoms with Crippen LogP contribution in [0.25, 0.3) is 55.6 Å². The lowest BCUT2D eigenvalue weighted by Crippen LogP contribution is -1.93. The second kappa shape index (κ2) is 22.7. The van der Waals surface area contributed by atoms with E-state index in [4.69, 9.17) is 0 Å². The van der Waals surface area contributed by atoms with Crippen LogP contribution in [-0.4, -0.2) is 24.9 Å². The number of pyridine rings is 5. The number of hydrogen-bond acceptors (Lipinski definition) is 5. The lowest BCUT2D eigenvalue weighted by Gasteiger charge is -2.13. The van der Waals surface area contributed by atoms with Gasteiger partial charge in [-0.2, -0.15) is 0 Å². The first-order valence-corrected chi connectivity index (χ1v) is 30.7. The molecule has 0 radical (unpaired) electrons. The molecule has 10 aromatic rings. The Morgan fingerprint density at radius 1 is 0.259 bits per heavy atom. The fourth-order valence-corrected chi connectivity index (χ4v) is 14.3. The summed E-state index contributed by atoms with van der Waals surface area (Å²) in [5.41, 5.74) is 54.6. The molecule has 0 saturated carbocycles. The summed E-state index contributed by atoms with van der Waals surface area (Å²) in [6.07, 6.45) is 10.9. The van der Waals surface area contributed by atoms with Crippen LogP contribution in [0, 0.1) is 138 Å². The standard InChI is InChI=1S/5C16H17N/c1-9-5-14-15(17-8-9)7-13-6-10(2)11(3)12(4)16(13)14;1-9-5-14-15(17-8-9)7-13-11(3)6-10(2)12(4)16(13)14;1-9-7-10(2)14-8-15-13(16(14)12(9)4)6-5-11(3)17-15;1-9-7-13-8-15-14(6-5-10(2)17-15)16(13)12(4)11(9)3;1-9-5-6-17-14-8-13-7-10(2)11(3)12(4)16(13)15(9)14/h2*5-6,8H,7H2,1-4H3;3*5-7H,8H2,1-4H3. The Labute approximate surface area is 507 Å². The number of benzene rings is 5. The summed E-state index contributed by atoms with van der Waals surface area (Å²) in [5, 5.41) is 0. The van der Waals surface area contributed by atoms with E-state index >= 15 is 0 Å². The Bertz CT molecular complexity index is 4430. The van der Waals surface area contributed by atoms with E-state index < -0.39 is 0 Å². The van der Waals surface area contributed by atoms with Crippen molar-refractivity contribution in [3.8, 4) is 55.6 Å². The number of aryl methyl sites for hydroxylation is 12. The van der Waals surface area contributed by atoms with Crippen LogP contribution < -0.4 is 0 Å². The molecule has 0 unspecified atom stereocenters. The van der Waals surface area contributed by atoms with Crippen molar-refractivity contribution in [2.75, 3.05) is 0 Å². The van der Waals surface area contributed by atoms with Gasteiger partial charge in [0.05, 0.1) is 28.5 Å². The average Bonchev–Trinajstić information content (AvgIpc) is 3.43. The molecule has 0 N–H and O–H groups in total. The van der Waals surface area contributed by atoms with Gasteiger partial charge < -0.3 is 0 Å². The molecular weight excluding hydrogens is 1030 g/mol. The summed E-state index contributed by atoms with van der Waals surface area (Å²) in [5.74, 6) is 0. The van der Waals surface area contributed by atoms with E-state index in [2.05, 4.69) is 236 Å². The van der Waals surface area contributed by atoms with E-state index in [0.717, 1.165) is 43.5 Å².